The highest BCUT2D eigenvalue weighted by Gasteiger charge is 2.70. The van der Waals surface area contributed by atoms with Crippen molar-refractivity contribution in [3.8, 4) is 6.07 Å². The van der Waals surface area contributed by atoms with E-state index in [9.17, 15) is 41.5 Å². The van der Waals surface area contributed by atoms with Crippen molar-refractivity contribution in [3.05, 3.63) is 95.0 Å². The number of rotatable bonds is 18. The maximum absolute atomic E-state index is 14.0. The molecular weight excluding hydrogens is 1330 g/mol. The largest absolute Gasteiger partial charge is 0.482 e. The van der Waals surface area contributed by atoms with E-state index >= 15 is 0 Å². The molecule has 13 aliphatic rings. The minimum Gasteiger partial charge on any atom is -0.404 e. The molecule has 7 saturated heterocycles. The number of likely N-dealkylation sites (tertiary alicyclic amines) is 4. The van der Waals surface area contributed by atoms with E-state index in [2.05, 4.69) is 74.5 Å². The van der Waals surface area contributed by atoms with Crippen LogP contribution in [0.1, 0.15) is 177 Å². The number of amides is 6. The molecule has 6 aliphatic carbocycles. The topological polar surface area (TPSA) is 206 Å². The highest BCUT2D eigenvalue weighted by atomic mass is 19.3. The van der Waals surface area contributed by atoms with E-state index in [4.69, 9.17) is 30.5 Å². The van der Waals surface area contributed by atoms with Crippen molar-refractivity contribution in [1.82, 2.24) is 45.3 Å². The summed E-state index contributed by atoms with van der Waals surface area (Å²) in [5.74, 6) is -4.63. The van der Waals surface area contributed by atoms with Gasteiger partial charge in [0.15, 0.2) is 0 Å². The Bertz CT molecular complexity index is 3430. The fourth-order valence-corrected chi connectivity index (χ4v) is 18.7. The van der Waals surface area contributed by atoms with Crippen LogP contribution in [-0.4, -0.2) is 224 Å². The van der Waals surface area contributed by atoms with Crippen LogP contribution >= 0.6 is 0 Å². The number of urea groups is 2. The van der Waals surface area contributed by atoms with E-state index in [0.29, 0.717) is 75.4 Å². The number of nitriles is 1. The number of hydrogen-bond acceptors (Lipinski definition) is 13. The minimum atomic E-state index is -2.78. The van der Waals surface area contributed by atoms with Crippen LogP contribution in [0.4, 0.5) is 27.2 Å². The number of hydrogen-bond donors (Lipinski definition) is 3. The molecule has 7 heterocycles. The Morgan fingerprint density at radius 1 is 0.663 bits per heavy atom. The van der Waals surface area contributed by atoms with Crippen molar-refractivity contribution in [2.75, 3.05) is 79.5 Å². The third-order valence-electron chi connectivity index (χ3n) is 25.6. The lowest BCUT2D eigenvalue weighted by Crippen LogP contribution is -2.65. The zero-order valence-corrected chi connectivity index (χ0v) is 63.7. The number of nitrogens with one attached hydrogen (secondary N) is 3. The van der Waals surface area contributed by atoms with Crippen LogP contribution in [0.3, 0.4) is 0 Å². The summed E-state index contributed by atoms with van der Waals surface area (Å²) in [4.78, 5) is 77.7. The van der Waals surface area contributed by atoms with Gasteiger partial charge in [-0.3, -0.25) is 19.4 Å². The molecule has 0 spiro atoms. The highest BCUT2D eigenvalue weighted by Crippen LogP contribution is 2.67. The van der Waals surface area contributed by atoms with Crippen LogP contribution in [0.25, 0.3) is 4.85 Å². The fourth-order valence-electron chi connectivity index (χ4n) is 18.7. The van der Waals surface area contributed by atoms with Crippen LogP contribution in [0, 0.1) is 52.4 Å². The van der Waals surface area contributed by atoms with E-state index in [1.54, 1.807) is 66.3 Å². The number of likely N-dealkylation sites (N-methyl/N-ethyl adjacent to an activating group) is 2. The summed E-state index contributed by atoms with van der Waals surface area (Å²) in [5.41, 5.74) is 0.152. The van der Waals surface area contributed by atoms with Crippen molar-refractivity contribution in [3.63, 3.8) is 0 Å². The Kier molecular flexibility index (Phi) is 25.3. The number of aldehydes is 1. The minimum absolute atomic E-state index is 0.0133. The number of piperidine rings is 2. The number of nitrogens with zero attached hydrogens (tertiary/aromatic N) is 8. The van der Waals surface area contributed by atoms with Gasteiger partial charge in [0.1, 0.15) is 12.7 Å². The molecule has 6 amide bonds. The maximum Gasteiger partial charge on any atom is 0.482 e. The molecule has 6 saturated carbocycles. The zero-order chi connectivity index (χ0) is 75.4. The number of halogens is 4. The summed E-state index contributed by atoms with van der Waals surface area (Å²) in [5, 5.41) is 18.7. The summed E-state index contributed by atoms with van der Waals surface area (Å²) in [6, 6.07) is 21.2. The number of carbonyl (C=O) groups excluding carboxylic acids is 5. The van der Waals surface area contributed by atoms with Gasteiger partial charge >= 0.3 is 26.3 Å². The lowest BCUT2D eigenvalue weighted by molar-refractivity contribution is -0.199. The molecule has 570 valence electrons. The van der Waals surface area contributed by atoms with E-state index in [0.717, 1.165) is 62.5 Å². The van der Waals surface area contributed by atoms with Crippen LogP contribution in [0.2, 0.25) is 0 Å². The monoisotopic (exact) mass is 1450 g/mol. The molecule has 2 aromatic carbocycles. The SMILES string of the molecule is C1CCNC1.CC(C)(C=O)N1CCC(F)(F)C1.CN(C[C@H]1CCCCN1C(=O)CC#N)C(=O)N[C@@H](Cc1ccccc1)B1O[C@@H]2C[C@@H]3C[C@@H](C3(C)C)[C@]2(C)O1.[C-]#[N+]C(=CC(C)(C)N1CCC(F)(F)C1)C(=O)N1CCCC[C@@H]1CN(C)C(=O)N[C@@H](Cc1ccccc1)B1O[C@@H]2C[C@@H]3C[C@@H](C3(C)C)[C@]2(C)O1. The summed E-state index contributed by atoms with van der Waals surface area (Å²) < 4.78 is 80.1. The van der Waals surface area contributed by atoms with Gasteiger partial charge in [0.05, 0.1) is 66.6 Å². The first-order valence-corrected chi connectivity index (χ1v) is 38.3. The smallest absolute Gasteiger partial charge is 0.404 e. The van der Waals surface area contributed by atoms with E-state index in [1.807, 2.05) is 54.6 Å². The number of benzene rings is 2. The lowest BCUT2D eigenvalue weighted by atomic mass is 9.43. The second-order valence-corrected chi connectivity index (χ2v) is 34.2. The second kappa shape index (κ2) is 32.8. The summed E-state index contributed by atoms with van der Waals surface area (Å²) in [6.45, 7) is 32.5. The Balaban J connectivity index is 0.000000185. The molecule has 26 heteroatoms. The van der Waals surface area contributed by atoms with E-state index in [1.165, 1.54) is 43.3 Å². The number of carbonyl (C=O) groups is 5. The van der Waals surface area contributed by atoms with Gasteiger partial charge in [0.25, 0.3) is 17.8 Å². The predicted molar refractivity (Wildman–Crippen MR) is 393 cm³/mol. The molecule has 4 bridgehead atoms. The molecule has 20 nitrogen and oxygen atoms in total. The fraction of sp³-hybridized carbons (Fsp3) is 0.731. The molecular formula is C78H115B2F4N11O9. The molecule has 13 fully saturated rings. The van der Waals surface area contributed by atoms with Crippen molar-refractivity contribution >= 4 is 44.4 Å². The predicted octanol–water partition coefficient (Wildman–Crippen LogP) is 11.3. The Morgan fingerprint density at radius 3 is 1.48 bits per heavy atom. The van der Waals surface area contributed by atoms with Gasteiger partial charge < -0.3 is 59.0 Å². The van der Waals surface area contributed by atoms with Gasteiger partial charge in [-0.2, -0.15) is 5.26 Å². The standard InChI is InChI=1S/C37H52BF2N5O4.C29H41BN4O4.C8H13F2NO.C4H9N/c1-34(2,44-18-16-37(39,40)24-44)22-28(41-6)32(46)45-17-12-11-15-27(45)23-43(7)33(47)42-31(19-25-13-9-8-10-14-25)38-48-30-21-26-20-29(35(26,3)4)36(30,5)49-38;1-28(2)21-17-23(28)29(3)24(18-21)37-30(38-29)25(16-20-10-6-5-7-11-20)32-27(36)33(4)19-22-12-8-9-15-34(22)26(35)13-14-31;1-7(2,6-12)11-4-3-8(9,10)5-11;1-2-4-5-3-1/h8-10,13-14,22,26-27,29-31H,11-12,15-21,23-24H2,1-5,7H3,(H,42,47);5-7,10-11,21-25H,8-9,12-13,15-19H2,1-4H3,(H,32,36);6H,3-5H2,1-2H3;5H,1-4H2/t26-,27+,29-,30+,31-,36-;21-,22+,23-,24+,25-,29-;;/m00../s1. The van der Waals surface area contributed by atoms with Crippen molar-refractivity contribution in [1.29, 1.82) is 5.26 Å². The van der Waals surface area contributed by atoms with Gasteiger partial charge in [-0.1, -0.05) is 94.4 Å². The van der Waals surface area contributed by atoms with Crippen LogP contribution in [0.15, 0.2) is 72.4 Å². The molecule has 12 atom stereocenters. The third kappa shape index (κ3) is 18.2. The molecule has 0 aromatic heterocycles. The quantitative estimate of drug-likeness (QED) is 0.0418. The normalized spacial score (nSPS) is 30.4. The Morgan fingerprint density at radius 2 is 1.10 bits per heavy atom. The summed E-state index contributed by atoms with van der Waals surface area (Å²) in [6.07, 6.45) is 15.1. The lowest BCUT2D eigenvalue weighted by Gasteiger charge is -2.64. The van der Waals surface area contributed by atoms with Crippen LogP contribution in [0.5, 0.6) is 0 Å². The second-order valence-electron chi connectivity index (χ2n) is 34.2. The average molecular weight is 1450 g/mol. The van der Waals surface area contributed by atoms with Crippen LogP contribution in [-0.2, 0) is 45.8 Å². The van der Waals surface area contributed by atoms with Gasteiger partial charge in [0, 0.05) is 83.8 Å². The van der Waals surface area contributed by atoms with Crippen molar-refractivity contribution in [2.45, 2.75) is 249 Å². The maximum atomic E-state index is 14.0. The Labute approximate surface area is 616 Å². The molecule has 15 rings (SSSR count). The third-order valence-corrected chi connectivity index (χ3v) is 25.6. The van der Waals surface area contributed by atoms with E-state index in [-0.39, 0.29) is 109 Å². The van der Waals surface area contributed by atoms with Gasteiger partial charge in [-0.15, -0.1) is 0 Å². The highest BCUT2D eigenvalue weighted by molar-refractivity contribution is 6.48. The van der Waals surface area contributed by atoms with Gasteiger partial charge in [0.2, 0.25) is 11.6 Å². The van der Waals surface area contributed by atoms with Crippen molar-refractivity contribution < 1.29 is 60.2 Å². The summed E-state index contributed by atoms with van der Waals surface area (Å²) >= 11 is 0. The first-order chi connectivity index (χ1) is 49.0. The Hall–Kier alpha value is -6.12. The number of alkyl halides is 4. The average Bonchev–Trinajstić information content (AvgIpc) is 1.42. The van der Waals surface area contributed by atoms with Gasteiger partial charge in [-0.05, 0) is 190 Å². The van der Waals surface area contributed by atoms with Crippen molar-refractivity contribution in [2.24, 2.45) is 34.5 Å². The molecule has 104 heavy (non-hydrogen) atoms. The molecule has 3 N–H and O–H groups in total. The summed E-state index contributed by atoms with van der Waals surface area (Å²) in [7, 11) is 2.37. The zero-order valence-electron chi connectivity index (χ0n) is 63.7. The molecule has 0 radical (unpaired) electrons. The first-order valence-electron chi connectivity index (χ1n) is 38.3. The molecule has 7 aliphatic heterocycles. The van der Waals surface area contributed by atoms with Crippen LogP contribution < -0.4 is 16.0 Å². The van der Waals surface area contributed by atoms with E-state index < -0.39 is 61.2 Å². The molecule has 0 unspecified atom stereocenters. The van der Waals surface area contributed by atoms with Gasteiger partial charge in [-0.25, -0.2) is 32.0 Å². The first kappa shape index (κ1) is 80.4. The molecule has 2 aromatic rings.